The van der Waals surface area contributed by atoms with Gasteiger partial charge in [0, 0.05) is 0 Å². The standard InChI is InChI=1S/C16H19NO5S/c1-5-23-15(14(20)21-16(2,3)4)22-17-12(18)10-8-6-7-9-11(10)13(17)19/h6-9,15H,5H2,1-4H3. The highest BCUT2D eigenvalue weighted by molar-refractivity contribution is 8.00. The summed E-state index contributed by atoms with van der Waals surface area (Å²) in [5.41, 5.74) is -1.24. The number of fused-ring (bicyclic) bond motifs is 1. The van der Waals surface area contributed by atoms with Crippen LogP contribution in [0.2, 0.25) is 0 Å². The minimum atomic E-state index is -1.08. The van der Waals surface area contributed by atoms with E-state index in [9.17, 15) is 14.4 Å². The summed E-state index contributed by atoms with van der Waals surface area (Å²) < 4.78 is 5.28. The maximum atomic E-state index is 12.3. The Morgan fingerprint density at radius 2 is 1.70 bits per heavy atom. The number of amides is 2. The maximum Gasteiger partial charge on any atom is 0.349 e. The largest absolute Gasteiger partial charge is 0.457 e. The van der Waals surface area contributed by atoms with Crippen LogP contribution in [0.5, 0.6) is 0 Å². The maximum absolute atomic E-state index is 12.3. The summed E-state index contributed by atoms with van der Waals surface area (Å²) in [6, 6.07) is 6.43. The Kier molecular flexibility index (Phi) is 5.11. The van der Waals surface area contributed by atoms with Gasteiger partial charge in [0.1, 0.15) is 5.60 Å². The van der Waals surface area contributed by atoms with Gasteiger partial charge in [-0.15, -0.1) is 16.8 Å². The number of rotatable bonds is 5. The second kappa shape index (κ2) is 6.72. The molecule has 6 nitrogen and oxygen atoms in total. The number of nitrogens with zero attached hydrogens (tertiary/aromatic N) is 1. The van der Waals surface area contributed by atoms with Crippen molar-refractivity contribution in [2.45, 2.75) is 38.7 Å². The lowest BCUT2D eigenvalue weighted by atomic mass is 10.1. The Hall–Kier alpha value is -1.86. The minimum Gasteiger partial charge on any atom is -0.457 e. The molecule has 0 saturated carbocycles. The number of esters is 1. The zero-order valence-corrected chi connectivity index (χ0v) is 14.3. The first-order chi connectivity index (χ1) is 10.7. The summed E-state index contributed by atoms with van der Waals surface area (Å²) in [6.45, 7) is 7.05. The van der Waals surface area contributed by atoms with E-state index in [1.165, 1.54) is 0 Å². The van der Waals surface area contributed by atoms with Crippen LogP contribution in [-0.4, -0.2) is 39.6 Å². The summed E-state index contributed by atoms with van der Waals surface area (Å²) in [5.74, 6) is -1.21. The van der Waals surface area contributed by atoms with E-state index in [1.807, 2.05) is 6.92 Å². The number of ether oxygens (including phenoxy) is 1. The molecule has 0 N–H and O–H groups in total. The van der Waals surface area contributed by atoms with Crippen LogP contribution in [0.25, 0.3) is 0 Å². The van der Waals surface area contributed by atoms with Gasteiger partial charge in [0.2, 0.25) is 5.44 Å². The molecule has 1 heterocycles. The number of hydrogen-bond acceptors (Lipinski definition) is 6. The highest BCUT2D eigenvalue weighted by Crippen LogP contribution is 2.26. The van der Waals surface area contributed by atoms with Gasteiger partial charge in [-0.3, -0.25) is 9.59 Å². The second-order valence-corrected chi connectivity index (χ2v) is 7.22. The average Bonchev–Trinajstić information content (AvgIpc) is 2.70. The molecule has 23 heavy (non-hydrogen) atoms. The zero-order chi connectivity index (χ0) is 17.2. The van der Waals surface area contributed by atoms with Crippen LogP contribution in [-0.2, 0) is 14.4 Å². The van der Waals surface area contributed by atoms with Crippen LogP contribution in [0.3, 0.4) is 0 Å². The van der Waals surface area contributed by atoms with Gasteiger partial charge >= 0.3 is 5.97 Å². The molecular weight excluding hydrogens is 318 g/mol. The number of benzene rings is 1. The molecule has 2 rings (SSSR count). The van der Waals surface area contributed by atoms with E-state index in [0.717, 1.165) is 11.8 Å². The van der Waals surface area contributed by atoms with Crippen molar-refractivity contribution in [1.82, 2.24) is 5.06 Å². The van der Waals surface area contributed by atoms with Crippen molar-refractivity contribution in [2.75, 3.05) is 5.75 Å². The number of hydrogen-bond donors (Lipinski definition) is 0. The van der Waals surface area contributed by atoms with E-state index in [2.05, 4.69) is 0 Å². The number of imide groups is 1. The van der Waals surface area contributed by atoms with Crippen LogP contribution >= 0.6 is 11.8 Å². The lowest BCUT2D eigenvalue weighted by molar-refractivity contribution is -0.176. The molecule has 124 valence electrons. The van der Waals surface area contributed by atoms with E-state index in [-0.39, 0.29) is 11.1 Å². The molecule has 1 aliphatic rings. The second-order valence-electron chi connectivity index (χ2n) is 5.88. The lowest BCUT2D eigenvalue weighted by Crippen LogP contribution is -2.39. The fourth-order valence-corrected chi connectivity index (χ4v) is 2.64. The van der Waals surface area contributed by atoms with Gasteiger partial charge < -0.3 is 4.74 Å². The summed E-state index contributed by atoms with van der Waals surface area (Å²) in [4.78, 5) is 42.1. The third-order valence-corrected chi connectivity index (χ3v) is 3.79. The van der Waals surface area contributed by atoms with Crippen molar-refractivity contribution in [3.05, 3.63) is 35.4 Å². The first-order valence-corrected chi connectivity index (χ1v) is 8.28. The summed E-state index contributed by atoms with van der Waals surface area (Å²) in [6.07, 6.45) is 0. The molecule has 2 amide bonds. The summed E-state index contributed by atoms with van der Waals surface area (Å²) >= 11 is 1.15. The SMILES string of the molecule is CCSC(ON1C(=O)c2ccccc2C1=O)C(=O)OC(C)(C)C. The molecule has 0 saturated heterocycles. The van der Waals surface area contributed by atoms with Gasteiger partial charge in [0.05, 0.1) is 11.1 Å². The van der Waals surface area contributed by atoms with E-state index in [1.54, 1.807) is 45.0 Å². The van der Waals surface area contributed by atoms with Crippen LogP contribution in [0.4, 0.5) is 0 Å². The van der Waals surface area contributed by atoms with Crippen molar-refractivity contribution in [2.24, 2.45) is 0 Å². The summed E-state index contributed by atoms with van der Waals surface area (Å²) in [7, 11) is 0. The van der Waals surface area contributed by atoms with Crippen molar-refractivity contribution in [3.63, 3.8) is 0 Å². The molecular formula is C16H19NO5S. The number of hydroxylamine groups is 2. The van der Waals surface area contributed by atoms with Gasteiger partial charge in [0.25, 0.3) is 11.8 Å². The van der Waals surface area contributed by atoms with Crippen LogP contribution < -0.4 is 0 Å². The number of thioether (sulfide) groups is 1. The smallest absolute Gasteiger partial charge is 0.349 e. The third-order valence-electron chi connectivity index (χ3n) is 2.88. The first kappa shape index (κ1) is 17.5. The molecule has 1 aromatic carbocycles. The van der Waals surface area contributed by atoms with Gasteiger partial charge in [-0.25, -0.2) is 9.63 Å². The molecule has 0 spiro atoms. The van der Waals surface area contributed by atoms with Crippen LogP contribution in [0.1, 0.15) is 48.4 Å². The zero-order valence-electron chi connectivity index (χ0n) is 13.5. The fourth-order valence-electron chi connectivity index (χ4n) is 2.00. The highest BCUT2D eigenvalue weighted by atomic mass is 32.2. The van der Waals surface area contributed by atoms with E-state index in [0.29, 0.717) is 10.8 Å². The normalized spacial score (nSPS) is 15.6. The van der Waals surface area contributed by atoms with Crippen molar-refractivity contribution in [3.8, 4) is 0 Å². The fraction of sp³-hybridized carbons (Fsp3) is 0.438. The molecule has 0 aromatic heterocycles. The van der Waals surface area contributed by atoms with Crippen molar-refractivity contribution < 1.29 is 24.0 Å². The van der Waals surface area contributed by atoms with Crippen LogP contribution in [0.15, 0.2) is 24.3 Å². The Morgan fingerprint density at radius 1 is 1.17 bits per heavy atom. The molecule has 7 heteroatoms. The quantitative estimate of drug-likeness (QED) is 0.467. The molecule has 1 aromatic rings. The Labute approximate surface area is 139 Å². The van der Waals surface area contributed by atoms with E-state index in [4.69, 9.17) is 9.57 Å². The van der Waals surface area contributed by atoms with Gasteiger partial charge in [-0.1, -0.05) is 19.1 Å². The Balaban J connectivity index is 2.17. The lowest BCUT2D eigenvalue weighted by Gasteiger charge is -2.25. The van der Waals surface area contributed by atoms with Gasteiger partial charge in [0.15, 0.2) is 0 Å². The molecule has 1 aliphatic heterocycles. The molecule has 0 aliphatic carbocycles. The van der Waals surface area contributed by atoms with E-state index < -0.39 is 28.8 Å². The first-order valence-electron chi connectivity index (χ1n) is 7.23. The van der Waals surface area contributed by atoms with Crippen molar-refractivity contribution in [1.29, 1.82) is 0 Å². The van der Waals surface area contributed by atoms with Gasteiger partial charge in [-0.05, 0) is 38.7 Å². The molecule has 0 fully saturated rings. The van der Waals surface area contributed by atoms with Gasteiger partial charge in [-0.2, -0.15) is 0 Å². The molecule has 1 unspecified atom stereocenters. The van der Waals surface area contributed by atoms with E-state index >= 15 is 0 Å². The topological polar surface area (TPSA) is 72.9 Å². The van der Waals surface area contributed by atoms with Crippen molar-refractivity contribution >= 4 is 29.5 Å². The molecule has 0 radical (unpaired) electrons. The number of carbonyl (C=O) groups excluding carboxylic acids is 3. The Bertz CT molecular complexity index is 603. The summed E-state index contributed by atoms with van der Waals surface area (Å²) in [5, 5.41) is 0.641. The number of carbonyl (C=O) groups is 3. The molecule has 1 atom stereocenters. The highest BCUT2D eigenvalue weighted by Gasteiger charge is 2.40. The van der Waals surface area contributed by atoms with Crippen LogP contribution in [0, 0.1) is 0 Å². The predicted octanol–water partition coefficient (Wildman–Crippen LogP) is 2.64. The molecule has 0 bridgehead atoms. The monoisotopic (exact) mass is 337 g/mol. The minimum absolute atomic E-state index is 0.266. The average molecular weight is 337 g/mol. The third kappa shape index (κ3) is 3.92. The Morgan fingerprint density at radius 3 is 2.13 bits per heavy atom. The predicted molar refractivity (Wildman–Crippen MR) is 85.8 cm³/mol.